The SMILES string of the molecule is CCOC(=O)C1=C(CSc2ncn(-c3ccccc3)n2)NC(=O)NC1c1ccc(C)o1. The van der Waals surface area contributed by atoms with Crippen LogP contribution in [0.2, 0.25) is 0 Å². The van der Waals surface area contributed by atoms with Gasteiger partial charge < -0.3 is 19.8 Å². The van der Waals surface area contributed by atoms with Gasteiger partial charge in [0.1, 0.15) is 23.9 Å². The van der Waals surface area contributed by atoms with Gasteiger partial charge in [-0.2, -0.15) is 0 Å². The largest absolute Gasteiger partial charge is 0.464 e. The van der Waals surface area contributed by atoms with Crippen LogP contribution in [0.25, 0.3) is 5.69 Å². The van der Waals surface area contributed by atoms with Crippen LogP contribution in [-0.4, -0.2) is 39.1 Å². The van der Waals surface area contributed by atoms with Crippen LogP contribution in [0.3, 0.4) is 0 Å². The number of furan rings is 1. The smallest absolute Gasteiger partial charge is 0.338 e. The lowest BCUT2D eigenvalue weighted by Gasteiger charge is -2.27. The van der Waals surface area contributed by atoms with Gasteiger partial charge in [0.05, 0.1) is 17.9 Å². The highest BCUT2D eigenvalue weighted by Crippen LogP contribution is 2.31. The summed E-state index contributed by atoms with van der Waals surface area (Å²) in [6.07, 6.45) is 1.62. The summed E-state index contributed by atoms with van der Waals surface area (Å²) in [7, 11) is 0. The molecule has 3 heterocycles. The number of aromatic nitrogens is 3. The molecule has 2 amide bonds. The number of carbonyl (C=O) groups excluding carboxylic acids is 2. The molecule has 1 aliphatic rings. The first-order valence-electron chi connectivity index (χ1n) is 9.69. The summed E-state index contributed by atoms with van der Waals surface area (Å²) in [5.41, 5.74) is 1.62. The average molecular weight is 439 g/mol. The van der Waals surface area contributed by atoms with Gasteiger partial charge in [-0.3, -0.25) is 0 Å². The average Bonchev–Trinajstić information content (AvgIpc) is 3.42. The van der Waals surface area contributed by atoms with Gasteiger partial charge in [-0.15, -0.1) is 5.10 Å². The quantitative estimate of drug-likeness (QED) is 0.430. The summed E-state index contributed by atoms with van der Waals surface area (Å²) in [6, 6.07) is 12.0. The van der Waals surface area contributed by atoms with Crippen molar-refractivity contribution in [2.45, 2.75) is 25.0 Å². The Balaban J connectivity index is 1.60. The first-order chi connectivity index (χ1) is 15.0. The Morgan fingerprint density at radius 2 is 2.06 bits per heavy atom. The molecular formula is C21H21N5O4S. The first kappa shape index (κ1) is 20.7. The van der Waals surface area contributed by atoms with E-state index in [2.05, 4.69) is 20.7 Å². The second-order valence-corrected chi connectivity index (χ2v) is 7.63. The molecule has 0 aliphatic carbocycles. The van der Waals surface area contributed by atoms with E-state index in [4.69, 9.17) is 9.15 Å². The second kappa shape index (κ2) is 9.09. The van der Waals surface area contributed by atoms with E-state index in [0.29, 0.717) is 27.9 Å². The molecule has 31 heavy (non-hydrogen) atoms. The van der Waals surface area contributed by atoms with Crippen molar-refractivity contribution < 1.29 is 18.7 Å². The molecule has 0 spiro atoms. The predicted octanol–water partition coefficient (Wildman–Crippen LogP) is 3.13. The van der Waals surface area contributed by atoms with Crippen LogP contribution < -0.4 is 10.6 Å². The van der Waals surface area contributed by atoms with Crippen molar-refractivity contribution >= 4 is 23.8 Å². The molecule has 1 atom stereocenters. The minimum atomic E-state index is -0.744. The van der Waals surface area contributed by atoms with Crippen molar-refractivity contribution in [1.29, 1.82) is 0 Å². The number of nitrogens with one attached hydrogen (secondary N) is 2. The number of rotatable bonds is 7. The number of carbonyl (C=O) groups is 2. The lowest BCUT2D eigenvalue weighted by Crippen LogP contribution is -2.46. The molecule has 1 unspecified atom stereocenters. The minimum Gasteiger partial charge on any atom is -0.464 e. The van der Waals surface area contributed by atoms with E-state index in [-0.39, 0.29) is 12.4 Å². The predicted molar refractivity (Wildman–Crippen MR) is 114 cm³/mol. The van der Waals surface area contributed by atoms with Crippen molar-refractivity contribution in [2.24, 2.45) is 0 Å². The van der Waals surface area contributed by atoms with Crippen LogP contribution in [-0.2, 0) is 9.53 Å². The van der Waals surface area contributed by atoms with Crippen LogP contribution in [0.4, 0.5) is 4.79 Å². The fourth-order valence-corrected chi connectivity index (χ4v) is 3.93. The molecule has 160 valence electrons. The Hall–Kier alpha value is -3.53. The number of amides is 2. The lowest BCUT2D eigenvalue weighted by molar-refractivity contribution is -0.139. The molecule has 0 bridgehead atoms. The third-order valence-corrected chi connectivity index (χ3v) is 5.41. The monoisotopic (exact) mass is 439 g/mol. The van der Waals surface area contributed by atoms with Crippen molar-refractivity contribution in [3.63, 3.8) is 0 Å². The topological polar surface area (TPSA) is 111 Å². The molecule has 4 rings (SSSR count). The van der Waals surface area contributed by atoms with Crippen LogP contribution in [0.15, 0.2) is 69.6 Å². The van der Waals surface area contributed by atoms with Gasteiger partial charge in [0.25, 0.3) is 0 Å². The number of urea groups is 1. The fourth-order valence-electron chi connectivity index (χ4n) is 3.16. The van der Waals surface area contributed by atoms with E-state index < -0.39 is 18.0 Å². The van der Waals surface area contributed by atoms with Gasteiger partial charge >= 0.3 is 12.0 Å². The maximum Gasteiger partial charge on any atom is 0.338 e. The summed E-state index contributed by atoms with van der Waals surface area (Å²) in [4.78, 5) is 29.4. The number of hydrogen-bond acceptors (Lipinski definition) is 7. The van der Waals surface area contributed by atoms with E-state index in [1.54, 1.807) is 37.0 Å². The summed E-state index contributed by atoms with van der Waals surface area (Å²) < 4.78 is 12.6. The molecule has 0 saturated carbocycles. The highest BCUT2D eigenvalue weighted by molar-refractivity contribution is 7.99. The molecule has 1 aliphatic heterocycles. The third kappa shape index (κ3) is 4.64. The Morgan fingerprint density at radius 3 is 2.77 bits per heavy atom. The summed E-state index contributed by atoms with van der Waals surface area (Å²) in [5.74, 6) is 0.894. The number of esters is 1. The van der Waals surface area contributed by atoms with E-state index in [0.717, 1.165) is 5.69 Å². The lowest BCUT2D eigenvalue weighted by atomic mass is 10.0. The Bertz CT molecular complexity index is 1120. The number of thioether (sulfide) groups is 1. The summed E-state index contributed by atoms with van der Waals surface area (Å²) in [6.45, 7) is 3.74. The Morgan fingerprint density at radius 1 is 1.26 bits per heavy atom. The Labute approximate surface area is 182 Å². The highest BCUT2D eigenvalue weighted by atomic mass is 32.2. The molecule has 2 aromatic heterocycles. The van der Waals surface area contributed by atoms with Gasteiger partial charge in [-0.1, -0.05) is 30.0 Å². The first-order valence-corrected chi connectivity index (χ1v) is 10.7. The van der Waals surface area contributed by atoms with Crippen LogP contribution in [0.1, 0.15) is 24.5 Å². The number of hydrogen-bond donors (Lipinski definition) is 2. The molecule has 1 aromatic carbocycles. The molecule has 10 heteroatoms. The van der Waals surface area contributed by atoms with Crippen molar-refractivity contribution in [3.8, 4) is 5.69 Å². The number of benzene rings is 1. The number of aryl methyl sites for hydroxylation is 1. The van der Waals surface area contributed by atoms with E-state index in [1.807, 2.05) is 30.3 Å². The zero-order valence-electron chi connectivity index (χ0n) is 17.0. The van der Waals surface area contributed by atoms with Crippen molar-refractivity contribution in [3.05, 3.63) is 71.6 Å². The molecule has 2 N–H and O–H groups in total. The van der Waals surface area contributed by atoms with Gasteiger partial charge in [-0.05, 0) is 38.1 Å². The summed E-state index contributed by atoms with van der Waals surface area (Å²) >= 11 is 1.30. The molecule has 0 fully saturated rings. The van der Waals surface area contributed by atoms with E-state index in [9.17, 15) is 9.59 Å². The zero-order valence-corrected chi connectivity index (χ0v) is 17.8. The minimum absolute atomic E-state index is 0.212. The molecular weight excluding hydrogens is 418 g/mol. The van der Waals surface area contributed by atoms with Gasteiger partial charge in [0.2, 0.25) is 5.16 Å². The van der Waals surface area contributed by atoms with Gasteiger partial charge in [0, 0.05) is 11.4 Å². The number of nitrogens with zero attached hydrogens (tertiary/aromatic N) is 3. The van der Waals surface area contributed by atoms with Gasteiger partial charge in [0.15, 0.2) is 0 Å². The van der Waals surface area contributed by atoms with Gasteiger partial charge in [-0.25, -0.2) is 19.3 Å². The van der Waals surface area contributed by atoms with Crippen LogP contribution >= 0.6 is 11.8 Å². The molecule has 0 saturated heterocycles. The van der Waals surface area contributed by atoms with E-state index in [1.165, 1.54) is 11.8 Å². The molecule has 3 aromatic rings. The van der Waals surface area contributed by atoms with Crippen molar-refractivity contribution in [1.82, 2.24) is 25.4 Å². The van der Waals surface area contributed by atoms with Crippen LogP contribution in [0.5, 0.6) is 0 Å². The molecule has 0 radical (unpaired) electrons. The fraction of sp³-hybridized carbons (Fsp3) is 0.238. The Kier molecular flexibility index (Phi) is 6.08. The maximum absolute atomic E-state index is 12.7. The summed E-state index contributed by atoms with van der Waals surface area (Å²) in [5, 5.41) is 10.4. The van der Waals surface area contributed by atoms with E-state index >= 15 is 0 Å². The number of ether oxygens (including phenoxy) is 1. The normalized spacial score (nSPS) is 16.1. The van der Waals surface area contributed by atoms with Crippen molar-refractivity contribution in [2.75, 3.05) is 12.4 Å². The zero-order chi connectivity index (χ0) is 21.8. The maximum atomic E-state index is 12.7. The third-order valence-electron chi connectivity index (χ3n) is 4.53. The number of para-hydroxylation sites is 1. The second-order valence-electron chi connectivity index (χ2n) is 6.69. The highest BCUT2D eigenvalue weighted by Gasteiger charge is 2.35. The molecule has 9 nitrogen and oxygen atoms in total. The van der Waals surface area contributed by atoms with Crippen LogP contribution in [0, 0.1) is 6.92 Å². The standard InChI is InChI=1S/C21H21N5O4S/c1-3-29-19(27)17-15(23-20(28)24-18(17)16-10-9-13(2)30-16)11-31-21-22-12-26(25-21)14-7-5-4-6-8-14/h4-10,12,18H,3,11H2,1-2H3,(H2,23,24,28).